The Labute approximate surface area is 74.7 Å². The van der Waals surface area contributed by atoms with Crippen LogP contribution in [0.4, 0.5) is 0 Å². The van der Waals surface area contributed by atoms with E-state index in [9.17, 15) is 0 Å². The molecule has 0 aromatic carbocycles. The summed E-state index contributed by atoms with van der Waals surface area (Å²) < 4.78 is 0. The number of alkyl halides is 1. The van der Waals surface area contributed by atoms with E-state index >= 15 is 0 Å². The van der Waals surface area contributed by atoms with Crippen molar-refractivity contribution in [2.45, 2.75) is 51.1 Å². The monoisotopic (exact) mass is 175 g/mol. The van der Waals surface area contributed by atoms with Crippen molar-refractivity contribution < 1.29 is 0 Å². The van der Waals surface area contributed by atoms with Crippen LogP contribution in [0, 0.1) is 0 Å². The smallest absolute Gasteiger partial charge is 0.0478 e. The van der Waals surface area contributed by atoms with E-state index in [4.69, 9.17) is 11.6 Å². The molecule has 0 unspecified atom stereocenters. The molecular formula is C9H18ClN. The Hall–Kier alpha value is 0.250. The molecule has 0 N–H and O–H groups in total. The highest BCUT2D eigenvalue weighted by atomic mass is 35.5. The van der Waals surface area contributed by atoms with E-state index in [0.717, 1.165) is 13.0 Å². The molecule has 0 aliphatic carbocycles. The molecule has 1 aliphatic heterocycles. The van der Waals surface area contributed by atoms with Crippen LogP contribution in [0.5, 0.6) is 0 Å². The molecule has 0 saturated carbocycles. The fourth-order valence-corrected chi connectivity index (χ4v) is 2.31. The van der Waals surface area contributed by atoms with Crippen LogP contribution in [-0.4, -0.2) is 28.4 Å². The summed E-state index contributed by atoms with van der Waals surface area (Å²) in [5.41, 5.74) is 0.281. The van der Waals surface area contributed by atoms with Crippen LogP contribution in [0.1, 0.15) is 34.1 Å². The van der Waals surface area contributed by atoms with Gasteiger partial charge in [-0.3, -0.25) is 4.90 Å². The van der Waals surface area contributed by atoms with Crippen LogP contribution in [0.15, 0.2) is 0 Å². The van der Waals surface area contributed by atoms with Crippen LogP contribution in [0.25, 0.3) is 0 Å². The average molecular weight is 176 g/mol. The maximum atomic E-state index is 6.07. The van der Waals surface area contributed by atoms with Crippen LogP contribution in [0.2, 0.25) is 0 Å². The molecule has 1 heterocycles. The third-order valence-electron chi connectivity index (χ3n) is 2.39. The van der Waals surface area contributed by atoms with E-state index in [1.165, 1.54) is 0 Å². The van der Waals surface area contributed by atoms with Gasteiger partial charge in [0.05, 0.1) is 0 Å². The van der Waals surface area contributed by atoms with Crippen molar-refractivity contribution in [3.63, 3.8) is 0 Å². The highest BCUT2D eigenvalue weighted by molar-refractivity contribution is 6.21. The molecule has 0 bridgehead atoms. The highest BCUT2D eigenvalue weighted by Gasteiger charge is 2.34. The van der Waals surface area contributed by atoms with Gasteiger partial charge in [-0.25, -0.2) is 0 Å². The number of rotatable bonds is 0. The van der Waals surface area contributed by atoms with Gasteiger partial charge in [0.1, 0.15) is 0 Å². The zero-order valence-electron chi connectivity index (χ0n) is 7.89. The van der Waals surface area contributed by atoms with Crippen molar-refractivity contribution in [2.75, 3.05) is 6.54 Å². The van der Waals surface area contributed by atoms with E-state index in [1.807, 2.05) is 0 Å². The zero-order chi connectivity index (χ0) is 8.65. The molecule has 11 heavy (non-hydrogen) atoms. The summed E-state index contributed by atoms with van der Waals surface area (Å²) >= 11 is 6.07. The minimum Gasteiger partial charge on any atom is -0.294 e. The average Bonchev–Trinajstić information content (AvgIpc) is 2.08. The van der Waals surface area contributed by atoms with Gasteiger partial charge >= 0.3 is 0 Å². The van der Waals surface area contributed by atoms with Crippen LogP contribution in [-0.2, 0) is 0 Å². The standard InChI is InChI=1S/C9H18ClN/c1-7-5-8(10)6-11(7)9(2,3)4/h7-8H,5-6H2,1-4H3/t7-,8+/m1/s1. The zero-order valence-corrected chi connectivity index (χ0v) is 8.65. The normalized spacial score (nSPS) is 34.6. The summed E-state index contributed by atoms with van der Waals surface area (Å²) in [4.78, 5) is 2.48. The Bertz CT molecular complexity index is 139. The minimum absolute atomic E-state index is 0.281. The molecule has 0 radical (unpaired) electrons. The number of hydrogen-bond acceptors (Lipinski definition) is 1. The minimum atomic E-state index is 0.281. The topological polar surface area (TPSA) is 3.24 Å². The number of halogens is 1. The Morgan fingerprint density at radius 2 is 1.91 bits per heavy atom. The molecule has 1 rings (SSSR count). The van der Waals surface area contributed by atoms with Crippen molar-refractivity contribution in [1.29, 1.82) is 0 Å². The molecule has 1 nitrogen and oxygen atoms in total. The first-order chi connectivity index (χ1) is 4.91. The fraction of sp³-hybridized carbons (Fsp3) is 1.00. The third-order valence-corrected chi connectivity index (χ3v) is 2.70. The quantitative estimate of drug-likeness (QED) is 0.512. The Kier molecular flexibility index (Phi) is 2.50. The first-order valence-electron chi connectivity index (χ1n) is 4.32. The number of hydrogen-bond donors (Lipinski definition) is 0. The van der Waals surface area contributed by atoms with Gasteiger partial charge in [-0.15, -0.1) is 11.6 Å². The Morgan fingerprint density at radius 3 is 2.09 bits per heavy atom. The summed E-state index contributed by atoms with van der Waals surface area (Å²) in [7, 11) is 0. The van der Waals surface area contributed by atoms with Crippen LogP contribution in [0.3, 0.4) is 0 Å². The van der Waals surface area contributed by atoms with Crippen molar-refractivity contribution in [1.82, 2.24) is 4.90 Å². The summed E-state index contributed by atoms with van der Waals surface area (Å²) in [5, 5.41) is 0.365. The van der Waals surface area contributed by atoms with Gasteiger partial charge in [0, 0.05) is 23.5 Å². The third kappa shape index (κ3) is 2.09. The molecule has 66 valence electrons. The molecule has 0 amide bonds. The van der Waals surface area contributed by atoms with Crippen molar-refractivity contribution in [3.05, 3.63) is 0 Å². The van der Waals surface area contributed by atoms with E-state index in [2.05, 4.69) is 32.6 Å². The summed E-state index contributed by atoms with van der Waals surface area (Å²) in [6, 6.07) is 0.650. The second kappa shape index (κ2) is 2.95. The van der Waals surface area contributed by atoms with Crippen LogP contribution >= 0.6 is 11.6 Å². The lowest BCUT2D eigenvalue weighted by molar-refractivity contribution is 0.130. The Morgan fingerprint density at radius 1 is 1.36 bits per heavy atom. The molecule has 1 saturated heterocycles. The lowest BCUT2D eigenvalue weighted by Gasteiger charge is -2.35. The van der Waals surface area contributed by atoms with Gasteiger partial charge in [0.15, 0.2) is 0 Å². The fourth-order valence-electron chi connectivity index (χ4n) is 1.90. The second-order valence-electron chi connectivity index (χ2n) is 4.51. The summed E-state index contributed by atoms with van der Waals surface area (Å²) in [6.07, 6.45) is 1.14. The highest BCUT2D eigenvalue weighted by Crippen LogP contribution is 2.28. The van der Waals surface area contributed by atoms with Gasteiger partial charge in [-0.1, -0.05) is 0 Å². The summed E-state index contributed by atoms with van der Waals surface area (Å²) in [6.45, 7) is 10.1. The SMILES string of the molecule is C[C@@H]1C[C@H](Cl)CN1C(C)(C)C. The van der Waals surface area contributed by atoms with E-state index < -0.39 is 0 Å². The van der Waals surface area contributed by atoms with Crippen molar-refractivity contribution in [2.24, 2.45) is 0 Å². The predicted octanol–water partition coefficient (Wildman–Crippen LogP) is 2.49. The lowest BCUT2D eigenvalue weighted by Crippen LogP contribution is -2.43. The number of likely N-dealkylation sites (tertiary alicyclic amines) is 1. The summed E-state index contributed by atoms with van der Waals surface area (Å²) in [5.74, 6) is 0. The molecule has 1 aliphatic rings. The Balaban J connectivity index is 2.60. The maximum Gasteiger partial charge on any atom is 0.0478 e. The molecule has 0 aromatic rings. The van der Waals surface area contributed by atoms with E-state index in [1.54, 1.807) is 0 Å². The molecule has 2 atom stereocenters. The predicted molar refractivity (Wildman–Crippen MR) is 50.2 cm³/mol. The molecule has 1 fully saturated rings. The molecule has 0 aromatic heterocycles. The van der Waals surface area contributed by atoms with Crippen molar-refractivity contribution in [3.8, 4) is 0 Å². The van der Waals surface area contributed by atoms with E-state index in [0.29, 0.717) is 11.4 Å². The lowest BCUT2D eigenvalue weighted by atomic mass is 10.1. The molecular weight excluding hydrogens is 158 g/mol. The van der Waals surface area contributed by atoms with Gasteiger partial charge < -0.3 is 0 Å². The second-order valence-corrected chi connectivity index (χ2v) is 5.12. The van der Waals surface area contributed by atoms with Crippen molar-refractivity contribution >= 4 is 11.6 Å². The van der Waals surface area contributed by atoms with Crippen LogP contribution < -0.4 is 0 Å². The maximum absolute atomic E-state index is 6.07. The molecule has 2 heteroatoms. The van der Waals surface area contributed by atoms with Gasteiger partial charge in [-0.05, 0) is 34.1 Å². The largest absolute Gasteiger partial charge is 0.294 e. The number of nitrogens with zero attached hydrogens (tertiary/aromatic N) is 1. The first-order valence-corrected chi connectivity index (χ1v) is 4.75. The van der Waals surface area contributed by atoms with Gasteiger partial charge in [-0.2, -0.15) is 0 Å². The first kappa shape index (κ1) is 9.34. The molecule has 0 spiro atoms. The van der Waals surface area contributed by atoms with E-state index in [-0.39, 0.29) is 5.54 Å². The van der Waals surface area contributed by atoms with Gasteiger partial charge in [0.2, 0.25) is 0 Å². The van der Waals surface area contributed by atoms with Gasteiger partial charge in [0.25, 0.3) is 0 Å².